The molecule has 0 unspecified atom stereocenters. The van der Waals surface area contributed by atoms with Crippen molar-refractivity contribution >= 4 is 28.9 Å². The summed E-state index contributed by atoms with van der Waals surface area (Å²) in [4.78, 5) is 12.0. The average Bonchev–Trinajstić information content (AvgIpc) is 2.52. The smallest absolute Gasteiger partial charge is 0.226 e. The van der Waals surface area contributed by atoms with Gasteiger partial charge >= 0.3 is 0 Å². The fraction of sp³-hybridized carbons (Fsp3) is 0.176. The second kappa shape index (κ2) is 7.48. The highest BCUT2D eigenvalue weighted by Gasteiger charge is 2.07. The van der Waals surface area contributed by atoms with Crippen molar-refractivity contribution in [2.45, 2.75) is 13.3 Å². The minimum atomic E-state index is -0.104. The molecule has 1 amide bonds. The van der Waals surface area contributed by atoms with Crippen LogP contribution in [0.15, 0.2) is 42.5 Å². The van der Waals surface area contributed by atoms with E-state index in [0.29, 0.717) is 23.6 Å². The van der Waals surface area contributed by atoms with Crippen LogP contribution >= 0.6 is 11.6 Å². The Balaban J connectivity index is 1.88. The van der Waals surface area contributed by atoms with Gasteiger partial charge in [-0.3, -0.25) is 4.79 Å². The lowest BCUT2D eigenvalue weighted by Crippen LogP contribution is -2.17. The summed E-state index contributed by atoms with van der Waals surface area (Å²) < 4.78 is 0. The largest absolute Gasteiger partial charge is 0.383 e. The molecule has 2 aromatic rings. The number of halogens is 1. The molecule has 0 aliphatic heterocycles. The fourth-order valence-corrected chi connectivity index (χ4v) is 2.18. The number of carbonyl (C=O) groups excluding carboxylic acids is 1. The fourth-order valence-electron chi connectivity index (χ4n) is 2.00. The molecule has 2 aromatic carbocycles. The number of nitriles is 1. The Labute approximate surface area is 134 Å². The van der Waals surface area contributed by atoms with Gasteiger partial charge in [0.25, 0.3) is 0 Å². The van der Waals surface area contributed by atoms with Crippen LogP contribution in [0.3, 0.4) is 0 Å². The lowest BCUT2D eigenvalue weighted by atomic mass is 10.2. The number of nitrogens with zero attached hydrogens (tertiary/aromatic N) is 1. The van der Waals surface area contributed by atoms with Gasteiger partial charge < -0.3 is 10.6 Å². The molecule has 0 heterocycles. The van der Waals surface area contributed by atoms with Crippen molar-refractivity contribution in [3.05, 3.63) is 58.6 Å². The van der Waals surface area contributed by atoms with E-state index in [1.165, 1.54) is 0 Å². The van der Waals surface area contributed by atoms with E-state index in [0.717, 1.165) is 16.9 Å². The van der Waals surface area contributed by atoms with Crippen LogP contribution in [0.2, 0.25) is 5.02 Å². The van der Waals surface area contributed by atoms with Crippen LogP contribution in [0, 0.1) is 18.3 Å². The van der Waals surface area contributed by atoms with Crippen LogP contribution in [0.1, 0.15) is 17.5 Å². The topological polar surface area (TPSA) is 64.9 Å². The van der Waals surface area contributed by atoms with Crippen molar-refractivity contribution in [2.75, 3.05) is 17.2 Å². The Kier molecular flexibility index (Phi) is 5.40. The Bertz CT molecular complexity index is 722. The van der Waals surface area contributed by atoms with Gasteiger partial charge in [-0.05, 0) is 36.8 Å². The number of nitrogens with one attached hydrogen (secondary N) is 2. The van der Waals surface area contributed by atoms with Gasteiger partial charge in [0, 0.05) is 23.7 Å². The van der Waals surface area contributed by atoms with Crippen molar-refractivity contribution in [2.24, 2.45) is 0 Å². The second-order valence-electron chi connectivity index (χ2n) is 4.79. The van der Waals surface area contributed by atoms with E-state index in [4.69, 9.17) is 16.9 Å². The molecule has 5 heteroatoms. The van der Waals surface area contributed by atoms with Crippen LogP contribution in [-0.4, -0.2) is 12.5 Å². The van der Waals surface area contributed by atoms with E-state index >= 15 is 0 Å². The maximum absolute atomic E-state index is 12.0. The summed E-state index contributed by atoms with van der Waals surface area (Å²) in [6, 6.07) is 14.7. The molecule has 0 aliphatic carbocycles. The van der Waals surface area contributed by atoms with Gasteiger partial charge in [-0.15, -0.1) is 0 Å². The molecule has 0 aliphatic rings. The first-order valence-corrected chi connectivity index (χ1v) is 7.27. The quantitative estimate of drug-likeness (QED) is 0.878. The molecule has 0 saturated carbocycles. The molecule has 0 saturated heterocycles. The third-order valence-electron chi connectivity index (χ3n) is 3.26. The minimum Gasteiger partial charge on any atom is -0.383 e. The lowest BCUT2D eigenvalue weighted by molar-refractivity contribution is -0.115. The van der Waals surface area contributed by atoms with Crippen LogP contribution in [0.25, 0.3) is 0 Å². The van der Waals surface area contributed by atoms with E-state index in [1.807, 2.05) is 25.1 Å². The Morgan fingerprint density at radius 1 is 1.18 bits per heavy atom. The Morgan fingerprint density at radius 3 is 2.68 bits per heavy atom. The van der Waals surface area contributed by atoms with E-state index in [-0.39, 0.29) is 5.91 Å². The van der Waals surface area contributed by atoms with Gasteiger partial charge in [-0.25, -0.2) is 0 Å². The zero-order valence-corrected chi connectivity index (χ0v) is 12.9. The lowest BCUT2D eigenvalue weighted by Gasteiger charge is -2.11. The monoisotopic (exact) mass is 313 g/mol. The summed E-state index contributed by atoms with van der Waals surface area (Å²) in [6.45, 7) is 2.31. The predicted octanol–water partition coefficient (Wildman–Crippen LogP) is 3.96. The van der Waals surface area contributed by atoms with Gasteiger partial charge in [0.15, 0.2) is 0 Å². The third-order valence-corrected chi connectivity index (χ3v) is 3.67. The molecule has 2 N–H and O–H groups in total. The first kappa shape index (κ1) is 15.9. The number of rotatable bonds is 5. The van der Waals surface area contributed by atoms with Gasteiger partial charge in [0.1, 0.15) is 6.07 Å². The molecule has 0 atom stereocenters. The molecule has 0 spiro atoms. The van der Waals surface area contributed by atoms with Crippen molar-refractivity contribution in [3.8, 4) is 6.07 Å². The highest BCUT2D eigenvalue weighted by molar-refractivity contribution is 6.31. The molecule has 0 bridgehead atoms. The van der Waals surface area contributed by atoms with Gasteiger partial charge in [-0.1, -0.05) is 29.8 Å². The highest BCUT2D eigenvalue weighted by atomic mass is 35.5. The number of amides is 1. The first-order chi connectivity index (χ1) is 10.6. The maximum Gasteiger partial charge on any atom is 0.226 e. The summed E-state index contributed by atoms with van der Waals surface area (Å²) in [6.07, 6.45) is 0.297. The molecule has 2 rings (SSSR count). The summed E-state index contributed by atoms with van der Waals surface area (Å²) in [5.74, 6) is -0.104. The molecule has 0 fully saturated rings. The average molecular weight is 314 g/mol. The van der Waals surface area contributed by atoms with Crippen LogP contribution in [0.4, 0.5) is 11.4 Å². The first-order valence-electron chi connectivity index (χ1n) is 6.90. The Hall–Kier alpha value is -2.51. The van der Waals surface area contributed by atoms with Crippen LogP contribution in [-0.2, 0) is 4.79 Å². The van der Waals surface area contributed by atoms with E-state index < -0.39 is 0 Å². The standard InChI is InChI=1S/C17H16ClN3O/c1-12-14(18)6-4-8-15(12)21-17(22)9-10-20-16-7-3-2-5-13(16)11-19/h2-8,20H,9-10H2,1H3,(H,21,22). The van der Waals surface area contributed by atoms with E-state index in [1.54, 1.807) is 24.3 Å². The zero-order chi connectivity index (χ0) is 15.9. The van der Waals surface area contributed by atoms with Crippen molar-refractivity contribution in [1.82, 2.24) is 0 Å². The zero-order valence-electron chi connectivity index (χ0n) is 12.2. The SMILES string of the molecule is Cc1c(Cl)cccc1NC(=O)CCNc1ccccc1C#N. The van der Waals surface area contributed by atoms with Gasteiger partial charge in [0.05, 0.1) is 11.3 Å². The number of carbonyl (C=O) groups is 1. The van der Waals surface area contributed by atoms with Gasteiger partial charge in [0.2, 0.25) is 5.91 Å². The summed E-state index contributed by atoms with van der Waals surface area (Å²) in [5.41, 5.74) is 2.86. The van der Waals surface area contributed by atoms with Crippen LogP contribution < -0.4 is 10.6 Å². The van der Waals surface area contributed by atoms with Crippen molar-refractivity contribution in [1.29, 1.82) is 5.26 Å². The predicted molar refractivity (Wildman–Crippen MR) is 89.1 cm³/mol. The molecular formula is C17H16ClN3O. The molecule has 4 nitrogen and oxygen atoms in total. The maximum atomic E-state index is 12.0. The van der Waals surface area contributed by atoms with Crippen LogP contribution in [0.5, 0.6) is 0 Å². The molecule has 112 valence electrons. The Morgan fingerprint density at radius 2 is 1.91 bits per heavy atom. The second-order valence-corrected chi connectivity index (χ2v) is 5.20. The third kappa shape index (κ3) is 4.00. The highest BCUT2D eigenvalue weighted by Crippen LogP contribution is 2.23. The number of hydrogen-bond acceptors (Lipinski definition) is 3. The van der Waals surface area contributed by atoms with E-state index in [2.05, 4.69) is 16.7 Å². The normalized spacial score (nSPS) is 9.86. The van der Waals surface area contributed by atoms with E-state index in [9.17, 15) is 4.79 Å². The number of hydrogen-bond donors (Lipinski definition) is 2. The number of benzene rings is 2. The van der Waals surface area contributed by atoms with Gasteiger partial charge in [-0.2, -0.15) is 5.26 Å². The van der Waals surface area contributed by atoms with Crippen molar-refractivity contribution in [3.63, 3.8) is 0 Å². The number of para-hydroxylation sites is 1. The minimum absolute atomic E-state index is 0.104. The summed E-state index contributed by atoms with van der Waals surface area (Å²) in [7, 11) is 0. The summed E-state index contributed by atoms with van der Waals surface area (Å²) in [5, 5.41) is 15.6. The summed E-state index contributed by atoms with van der Waals surface area (Å²) >= 11 is 6.02. The molecule has 0 radical (unpaired) electrons. The molecule has 22 heavy (non-hydrogen) atoms. The molecule has 0 aromatic heterocycles. The number of anilines is 2. The molecular weight excluding hydrogens is 298 g/mol. The van der Waals surface area contributed by atoms with Crippen molar-refractivity contribution < 1.29 is 4.79 Å².